The molecule has 1 aliphatic rings. The lowest BCUT2D eigenvalue weighted by atomic mass is 10.2. The van der Waals surface area contributed by atoms with Gasteiger partial charge < -0.3 is 14.4 Å². The molecule has 0 spiro atoms. The predicted molar refractivity (Wildman–Crippen MR) is 125 cm³/mol. The van der Waals surface area contributed by atoms with Crippen molar-refractivity contribution in [1.29, 1.82) is 0 Å². The average Bonchev–Trinajstić information content (AvgIpc) is 3.33. The predicted octanol–water partition coefficient (Wildman–Crippen LogP) is 3.87. The molecule has 0 unspecified atom stereocenters. The van der Waals surface area contributed by atoms with Crippen molar-refractivity contribution < 1.29 is 14.3 Å². The number of hydrogen-bond acceptors (Lipinski definition) is 8. The molecule has 3 heterocycles. The summed E-state index contributed by atoms with van der Waals surface area (Å²) in [4.78, 5) is 31.2. The topological polar surface area (TPSA) is 80.7 Å². The van der Waals surface area contributed by atoms with Crippen LogP contribution in [0.5, 0.6) is 11.5 Å². The van der Waals surface area contributed by atoms with Crippen LogP contribution in [0.2, 0.25) is 0 Å². The molecule has 5 rings (SSSR count). The summed E-state index contributed by atoms with van der Waals surface area (Å²) in [5.74, 6) is 2.32. The summed E-state index contributed by atoms with van der Waals surface area (Å²) in [7, 11) is 5.15. The van der Waals surface area contributed by atoms with Crippen LogP contribution in [0.15, 0.2) is 47.8 Å². The highest BCUT2D eigenvalue weighted by Gasteiger charge is 2.30. The van der Waals surface area contributed by atoms with Gasteiger partial charge in [0.25, 0.3) is 5.91 Å². The standard InChI is InChI=1S/C23H21N5O3S/c1-27-10-11-28(21-20(27)24-15-6-4-5-7-16(15)25-21)23(29)17-13-32-22(26-17)14-8-9-18(30-2)19(12-14)31-3/h4-9,12-13H,10-11H2,1-3H3. The van der Waals surface area contributed by atoms with E-state index in [1.165, 1.54) is 11.3 Å². The number of carbonyl (C=O) groups excluding carboxylic acids is 1. The van der Waals surface area contributed by atoms with Gasteiger partial charge in [0.1, 0.15) is 10.7 Å². The van der Waals surface area contributed by atoms with E-state index in [0.29, 0.717) is 41.9 Å². The van der Waals surface area contributed by atoms with Crippen LogP contribution in [0.4, 0.5) is 11.6 Å². The van der Waals surface area contributed by atoms with E-state index in [1.54, 1.807) is 24.5 Å². The molecule has 9 heteroatoms. The van der Waals surface area contributed by atoms with Gasteiger partial charge in [-0.1, -0.05) is 12.1 Å². The number of para-hydroxylation sites is 2. The third-order valence-corrected chi connectivity index (χ3v) is 6.30. The molecule has 0 N–H and O–H groups in total. The minimum absolute atomic E-state index is 0.188. The lowest BCUT2D eigenvalue weighted by Crippen LogP contribution is -2.44. The summed E-state index contributed by atoms with van der Waals surface area (Å²) in [6.07, 6.45) is 0. The highest BCUT2D eigenvalue weighted by Crippen LogP contribution is 2.35. The second-order valence-electron chi connectivity index (χ2n) is 7.35. The second kappa shape index (κ2) is 8.08. The van der Waals surface area contributed by atoms with Crippen LogP contribution in [0, 0.1) is 0 Å². The Balaban J connectivity index is 1.49. The number of amides is 1. The van der Waals surface area contributed by atoms with Crippen molar-refractivity contribution in [2.24, 2.45) is 0 Å². The molecule has 0 atom stereocenters. The zero-order chi connectivity index (χ0) is 22.2. The largest absolute Gasteiger partial charge is 0.493 e. The second-order valence-corrected chi connectivity index (χ2v) is 8.20. The molecule has 2 aromatic heterocycles. The molecule has 0 aliphatic carbocycles. The maximum absolute atomic E-state index is 13.4. The number of methoxy groups -OCH3 is 2. The smallest absolute Gasteiger partial charge is 0.279 e. The van der Waals surface area contributed by atoms with Crippen LogP contribution in [0.25, 0.3) is 21.6 Å². The van der Waals surface area contributed by atoms with Crippen molar-refractivity contribution in [1.82, 2.24) is 15.0 Å². The number of likely N-dealkylation sites (N-methyl/N-ethyl adjacent to an activating group) is 1. The van der Waals surface area contributed by atoms with E-state index in [-0.39, 0.29) is 5.91 Å². The van der Waals surface area contributed by atoms with Gasteiger partial charge in [0.15, 0.2) is 23.1 Å². The van der Waals surface area contributed by atoms with Crippen molar-refractivity contribution in [2.45, 2.75) is 0 Å². The maximum Gasteiger partial charge on any atom is 0.279 e. The number of nitrogens with zero attached hydrogens (tertiary/aromatic N) is 5. The summed E-state index contributed by atoms with van der Waals surface area (Å²) in [5, 5.41) is 2.51. The van der Waals surface area contributed by atoms with Gasteiger partial charge in [-0.2, -0.15) is 0 Å². The highest BCUT2D eigenvalue weighted by atomic mass is 32.1. The van der Waals surface area contributed by atoms with Crippen LogP contribution in [-0.4, -0.2) is 55.2 Å². The molecule has 2 aromatic carbocycles. The van der Waals surface area contributed by atoms with Crippen LogP contribution in [0.1, 0.15) is 10.5 Å². The summed E-state index contributed by atoms with van der Waals surface area (Å²) in [6, 6.07) is 13.3. The van der Waals surface area contributed by atoms with Gasteiger partial charge in [-0.3, -0.25) is 9.69 Å². The lowest BCUT2D eigenvalue weighted by Gasteiger charge is -2.33. The van der Waals surface area contributed by atoms with Gasteiger partial charge in [0.2, 0.25) is 0 Å². The Morgan fingerprint density at radius 3 is 2.38 bits per heavy atom. The molecule has 0 saturated carbocycles. The van der Waals surface area contributed by atoms with Crippen LogP contribution in [-0.2, 0) is 0 Å². The van der Waals surface area contributed by atoms with Gasteiger partial charge in [0.05, 0.1) is 25.3 Å². The molecule has 0 bridgehead atoms. The Morgan fingerprint density at radius 2 is 1.66 bits per heavy atom. The summed E-state index contributed by atoms with van der Waals surface area (Å²) >= 11 is 1.41. The number of rotatable bonds is 4. The quantitative estimate of drug-likeness (QED) is 0.470. The van der Waals surface area contributed by atoms with Crippen molar-refractivity contribution in [2.75, 3.05) is 44.2 Å². The normalized spacial score (nSPS) is 13.2. The third-order valence-electron chi connectivity index (χ3n) is 5.41. The number of aromatic nitrogens is 3. The van der Waals surface area contributed by atoms with E-state index in [9.17, 15) is 4.79 Å². The molecule has 162 valence electrons. The first kappa shape index (κ1) is 20.2. The minimum Gasteiger partial charge on any atom is -0.493 e. The van der Waals surface area contributed by atoms with Gasteiger partial charge in [-0.25, -0.2) is 15.0 Å². The number of thiazole rings is 1. The first-order valence-corrected chi connectivity index (χ1v) is 10.9. The summed E-state index contributed by atoms with van der Waals surface area (Å²) in [6.45, 7) is 1.18. The molecule has 32 heavy (non-hydrogen) atoms. The Hall–Kier alpha value is -3.72. The molecular weight excluding hydrogens is 426 g/mol. The van der Waals surface area contributed by atoms with Crippen molar-refractivity contribution in [3.05, 3.63) is 53.5 Å². The van der Waals surface area contributed by atoms with E-state index in [0.717, 1.165) is 21.6 Å². The fourth-order valence-electron chi connectivity index (χ4n) is 3.69. The molecule has 1 amide bonds. The van der Waals surface area contributed by atoms with Crippen molar-refractivity contribution >= 4 is 39.9 Å². The van der Waals surface area contributed by atoms with Gasteiger partial charge in [-0.15, -0.1) is 11.3 Å². The molecule has 0 saturated heterocycles. The molecule has 8 nitrogen and oxygen atoms in total. The van der Waals surface area contributed by atoms with Crippen molar-refractivity contribution in [3.8, 4) is 22.1 Å². The number of hydrogen-bond donors (Lipinski definition) is 0. The Bertz CT molecular complexity index is 1320. The summed E-state index contributed by atoms with van der Waals surface area (Å²) < 4.78 is 10.7. The Morgan fingerprint density at radius 1 is 0.938 bits per heavy atom. The van der Waals surface area contributed by atoms with Crippen LogP contribution in [0.3, 0.4) is 0 Å². The number of anilines is 2. The highest BCUT2D eigenvalue weighted by molar-refractivity contribution is 7.13. The molecule has 0 radical (unpaired) electrons. The fraction of sp³-hybridized carbons (Fsp3) is 0.217. The van der Waals surface area contributed by atoms with E-state index < -0.39 is 0 Å². The van der Waals surface area contributed by atoms with E-state index in [4.69, 9.17) is 19.4 Å². The SMILES string of the molecule is COc1ccc(-c2nc(C(=O)N3CCN(C)c4nc5ccccc5nc43)cs2)cc1OC. The monoisotopic (exact) mass is 447 g/mol. The zero-order valence-corrected chi connectivity index (χ0v) is 18.7. The van der Waals surface area contributed by atoms with Gasteiger partial charge >= 0.3 is 0 Å². The van der Waals surface area contributed by atoms with E-state index >= 15 is 0 Å². The molecular formula is C23H21N5O3S. The maximum atomic E-state index is 13.4. The van der Waals surface area contributed by atoms with E-state index in [1.807, 2.05) is 54.4 Å². The van der Waals surface area contributed by atoms with Crippen LogP contribution >= 0.6 is 11.3 Å². The Kier molecular flexibility index (Phi) is 5.10. The van der Waals surface area contributed by atoms with Crippen molar-refractivity contribution in [3.63, 3.8) is 0 Å². The summed E-state index contributed by atoms with van der Waals surface area (Å²) in [5.41, 5.74) is 2.79. The lowest BCUT2D eigenvalue weighted by molar-refractivity contribution is 0.0982. The van der Waals surface area contributed by atoms with Crippen LogP contribution < -0.4 is 19.3 Å². The molecule has 4 aromatic rings. The number of ether oxygens (including phenoxy) is 2. The number of carbonyl (C=O) groups is 1. The molecule has 1 aliphatic heterocycles. The number of benzene rings is 2. The fourth-order valence-corrected chi connectivity index (χ4v) is 4.48. The number of fused-ring (bicyclic) bond motifs is 2. The first-order valence-electron chi connectivity index (χ1n) is 10.1. The van der Waals surface area contributed by atoms with Gasteiger partial charge in [0, 0.05) is 31.1 Å². The van der Waals surface area contributed by atoms with Gasteiger partial charge in [-0.05, 0) is 30.3 Å². The van der Waals surface area contributed by atoms with E-state index in [2.05, 4.69) is 4.98 Å². The molecule has 0 fully saturated rings. The zero-order valence-electron chi connectivity index (χ0n) is 17.9. The third kappa shape index (κ3) is 3.40. The Labute approximate surface area is 189 Å². The first-order chi connectivity index (χ1) is 15.6. The minimum atomic E-state index is -0.188. The average molecular weight is 448 g/mol.